The Labute approximate surface area is 200 Å². The molecule has 0 radical (unpaired) electrons. The standard InChI is InChI=1S/C24H24N8OS/c1-2-16-14-27-20(28-15-16)17-4-11-32(12-5-17)23-29-18-6-13-34(33)19(18)21(30-23)31-24(7-3-8-24)22-25-9-10-26-22/h1,4,9-10,14-15H,3,5-8,11-13H2,(H,25,26)(H,29,30,31). The van der Waals surface area contributed by atoms with Gasteiger partial charge in [-0.05, 0) is 31.3 Å². The van der Waals surface area contributed by atoms with Crippen LogP contribution in [0, 0.1) is 12.3 Å². The summed E-state index contributed by atoms with van der Waals surface area (Å²) in [6.07, 6.45) is 19.0. The van der Waals surface area contributed by atoms with Crippen molar-refractivity contribution in [2.45, 2.75) is 42.5 Å². The lowest BCUT2D eigenvalue weighted by Gasteiger charge is -2.41. The van der Waals surface area contributed by atoms with E-state index in [-0.39, 0.29) is 5.54 Å². The van der Waals surface area contributed by atoms with Crippen LogP contribution in [-0.4, -0.2) is 53.0 Å². The highest BCUT2D eigenvalue weighted by atomic mass is 32.2. The Bertz CT molecular complexity index is 1320. The number of H-pyrrole nitrogens is 1. The minimum atomic E-state index is -1.09. The smallest absolute Gasteiger partial charge is 0.227 e. The number of aromatic nitrogens is 6. The zero-order valence-electron chi connectivity index (χ0n) is 18.6. The molecule has 2 N–H and O–H groups in total. The van der Waals surface area contributed by atoms with E-state index >= 15 is 0 Å². The molecule has 3 aromatic heterocycles. The monoisotopic (exact) mass is 472 g/mol. The van der Waals surface area contributed by atoms with Gasteiger partial charge in [-0.25, -0.2) is 19.9 Å². The molecule has 2 aliphatic heterocycles. The molecule has 1 atom stereocenters. The highest BCUT2D eigenvalue weighted by Gasteiger charge is 2.43. The van der Waals surface area contributed by atoms with Gasteiger partial charge in [0, 0.05) is 50.1 Å². The second-order valence-corrected chi connectivity index (χ2v) is 10.3. The molecule has 1 unspecified atom stereocenters. The SMILES string of the molecule is C#Cc1cnc(C2=CCN(c3nc4c(c(NC5(c6ncc[nH]6)CCC5)n3)S(=O)CC4)CC2)nc1. The summed E-state index contributed by atoms with van der Waals surface area (Å²) in [5, 5.41) is 3.63. The van der Waals surface area contributed by atoms with E-state index in [1.807, 2.05) is 6.20 Å². The average molecular weight is 473 g/mol. The van der Waals surface area contributed by atoms with Gasteiger partial charge >= 0.3 is 0 Å². The van der Waals surface area contributed by atoms with E-state index in [0.29, 0.717) is 41.9 Å². The Hall–Kier alpha value is -3.58. The van der Waals surface area contributed by atoms with Crippen LogP contribution in [0.2, 0.25) is 0 Å². The molecule has 0 bridgehead atoms. The number of terminal acetylenes is 1. The molecule has 6 rings (SSSR count). The number of fused-ring (bicyclic) bond motifs is 1. The van der Waals surface area contributed by atoms with Crippen molar-refractivity contribution >= 4 is 28.1 Å². The number of hydrogen-bond donors (Lipinski definition) is 2. The Morgan fingerprint density at radius 1 is 1.18 bits per heavy atom. The molecular formula is C24H24N8OS. The molecule has 10 heteroatoms. The minimum absolute atomic E-state index is 0.299. The lowest BCUT2D eigenvalue weighted by molar-refractivity contribution is 0.268. The van der Waals surface area contributed by atoms with Crippen LogP contribution >= 0.6 is 0 Å². The largest absolute Gasteiger partial charge is 0.356 e. The van der Waals surface area contributed by atoms with E-state index in [9.17, 15) is 4.21 Å². The van der Waals surface area contributed by atoms with Gasteiger partial charge in [0.05, 0.1) is 27.6 Å². The predicted molar refractivity (Wildman–Crippen MR) is 130 cm³/mol. The van der Waals surface area contributed by atoms with Crippen molar-refractivity contribution in [3.8, 4) is 12.3 Å². The van der Waals surface area contributed by atoms with Crippen LogP contribution in [0.4, 0.5) is 11.8 Å². The van der Waals surface area contributed by atoms with Gasteiger partial charge in [-0.2, -0.15) is 4.98 Å². The first kappa shape index (κ1) is 21.0. The number of aromatic amines is 1. The van der Waals surface area contributed by atoms with E-state index in [0.717, 1.165) is 54.2 Å². The van der Waals surface area contributed by atoms with E-state index in [2.05, 4.69) is 42.1 Å². The van der Waals surface area contributed by atoms with Gasteiger partial charge in [0.25, 0.3) is 0 Å². The molecule has 0 spiro atoms. The Morgan fingerprint density at radius 3 is 2.68 bits per heavy atom. The van der Waals surface area contributed by atoms with Crippen LogP contribution in [0.3, 0.4) is 0 Å². The van der Waals surface area contributed by atoms with Crippen molar-refractivity contribution in [3.63, 3.8) is 0 Å². The maximum Gasteiger partial charge on any atom is 0.227 e. The van der Waals surface area contributed by atoms with Gasteiger partial charge in [-0.15, -0.1) is 6.42 Å². The summed E-state index contributed by atoms with van der Waals surface area (Å²) in [4.78, 5) is 29.2. The average Bonchev–Trinajstić information content (AvgIpc) is 3.52. The van der Waals surface area contributed by atoms with Crippen LogP contribution in [0.5, 0.6) is 0 Å². The second-order valence-electron chi connectivity index (χ2n) is 8.81. The van der Waals surface area contributed by atoms with Gasteiger partial charge in [0.2, 0.25) is 5.95 Å². The Morgan fingerprint density at radius 2 is 2.03 bits per heavy atom. The fourth-order valence-corrected chi connectivity index (χ4v) is 6.04. The van der Waals surface area contributed by atoms with Gasteiger partial charge in [-0.1, -0.05) is 12.0 Å². The number of hydrogen-bond acceptors (Lipinski definition) is 8. The van der Waals surface area contributed by atoms with E-state index in [1.165, 1.54) is 0 Å². The fraction of sp³-hybridized carbons (Fsp3) is 0.375. The second kappa shape index (κ2) is 8.33. The fourth-order valence-electron chi connectivity index (χ4n) is 4.74. The molecule has 3 aromatic rings. The highest BCUT2D eigenvalue weighted by molar-refractivity contribution is 7.85. The van der Waals surface area contributed by atoms with E-state index < -0.39 is 10.8 Å². The predicted octanol–water partition coefficient (Wildman–Crippen LogP) is 2.42. The van der Waals surface area contributed by atoms with Gasteiger partial charge < -0.3 is 15.2 Å². The van der Waals surface area contributed by atoms with E-state index in [1.54, 1.807) is 18.6 Å². The van der Waals surface area contributed by atoms with Crippen molar-refractivity contribution in [2.24, 2.45) is 0 Å². The third-order valence-electron chi connectivity index (χ3n) is 6.79. The summed E-state index contributed by atoms with van der Waals surface area (Å²) >= 11 is 0. The molecule has 1 aliphatic carbocycles. The molecule has 0 aromatic carbocycles. The van der Waals surface area contributed by atoms with Crippen LogP contribution < -0.4 is 10.2 Å². The molecule has 1 saturated carbocycles. The Balaban J connectivity index is 1.29. The number of nitrogens with zero attached hydrogens (tertiary/aromatic N) is 6. The molecule has 9 nitrogen and oxygen atoms in total. The van der Waals surface area contributed by atoms with E-state index in [4.69, 9.17) is 16.4 Å². The highest BCUT2D eigenvalue weighted by Crippen LogP contribution is 2.44. The quantitative estimate of drug-likeness (QED) is 0.545. The molecule has 34 heavy (non-hydrogen) atoms. The number of rotatable bonds is 5. The first-order valence-electron chi connectivity index (χ1n) is 11.5. The lowest BCUT2D eigenvalue weighted by atomic mass is 9.76. The first-order valence-corrected chi connectivity index (χ1v) is 12.8. The van der Waals surface area contributed by atoms with Crippen molar-refractivity contribution in [1.29, 1.82) is 0 Å². The maximum absolute atomic E-state index is 12.8. The van der Waals surface area contributed by atoms with Gasteiger partial charge in [0.15, 0.2) is 5.82 Å². The zero-order valence-corrected chi connectivity index (χ0v) is 19.4. The molecular weight excluding hydrogens is 448 g/mol. The zero-order chi connectivity index (χ0) is 23.1. The summed E-state index contributed by atoms with van der Waals surface area (Å²) in [5.74, 6) is 6.08. The van der Waals surface area contributed by atoms with Crippen molar-refractivity contribution in [1.82, 2.24) is 29.9 Å². The van der Waals surface area contributed by atoms with Gasteiger partial charge in [0.1, 0.15) is 16.5 Å². The minimum Gasteiger partial charge on any atom is -0.356 e. The van der Waals surface area contributed by atoms with Crippen molar-refractivity contribution < 1.29 is 4.21 Å². The van der Waals surface area contributed by atoms with Crippen LogP contribution in [0.25, 0.3) is 5.57 Å². The van der Waals surface area contributed by atoms with Crippen LogP contribution in [0.15, 0.2) is 35.8 Å². The topological polar surface area (TPSA) is 113 Å². The van der Waals surface area contributed by atoms with Crippen molar-refractivity contribution in [2.75, 3.05) is 29.1 Å². The summed E-state index contributed by atoms with van der Waals surface area (Å²) < 4.78 is 12.8. The summed E-state index contributed by atoms with van der Waals surface area (Å²) in [5.41, 5.74) is 2.34. The molecule has 0 amide bonds. The molecule has 3 aliphatic rings. The summed E-state index contributed by atoms with van der Waals surface area (Å²) in [6, 6.07) is 0. The van der Waals surface area contributed by atoms with Crippen LogP contribution in [0.1, 0.15) is 48.6 Å². The van der Waals surface area contributed by atoms with Gasteiger partial charge in [-0.3, -0.25) is 4.21 Å². The first-order chi connectivity index (χ1) is 16.6. The Kier molecular flexibility index (Phi) is 5.14. The molecule has 5 heterocycles. The molecule has 172 valence electrons. The number of anilines is 2. The molecule has 1 fully saturated rings. The number of aryl methyl sites for hydroxylation is 1. The maximum atomic E-state index is 12.8. The normalized spacial score (nSPS) is 20.7. The third-order valence-corrected chi connectivity index (χ3v) is 8.25. The third kappa shape index (κ3) is 3.56. The lowest BCUT2D eigenvalue weighted by Crippen LogP contribution is -2.43. The molecule has 0 saturated heterocycles. The number of nitrogens with one attached hydrogen (secondary N) is 2. The summed E-state index contributed by atoms with van der Waals surface area (Å²) in [6.45, 7) is 1.40. The number of imidazole rings is 1. The van der Waals surface area contributed by atoms with Crippen LogP contribution in [-0.2, 0) is 22.8 Å². The summed E-state index contributed by atoms with van der Waals surface area (Å²) in [7, 11) is -1.09. The van der Waals surface area contributed by atoms with Crippen molar-refractivity contribution in [3.05, 3.63) is 53.8 Å².